The van der Waals surface area contributed by atoms with Crippen molar-refractivity contribution in [2.24, 2.45) is 22.7 Å². The highest BCUT2D eigenvalue weighted by atomic mass is 35.5. The fourth-order valence-electron chi connectivity index (χ4n) is 11.2. The van der Waals surface area contributed by atoms with E-state index in [0.717, 1.165) is 16.9 Å². The molecule has 390 valence electrons. The van der Waals surface area contributed by atoms with E-state index in [4.69, 9.17) is 11.6 Å². The lowest BCUT2D eigenvalue weighted by molar-refractivity contribution is -0.285. The van der Waals surface area contributed by atoms with E-state index < -0.39 is 132 Å². The molecule has 5 aliphatic rings. The molecule has 5 fully saturated rings. The predicted octanol–water partition coefficient (Wildman–Crippen LogP) is 6.07. The highest BCUT2D eigenvalue weighted by Crippen LogP contribution is 2.69. The van der Waals surface area contributed by atoms with Gasteiger partial charge in [-0.25, -0.2) is 4.39 Å². The van der Waals surface area contributed by atoms with Gasteiger partial charge in [0.25, 0.3) is 0 Å². The molecule has 3 N–H and O–H groups in total. The van der Waals surface area contributed by atoms with Gasteiger partial charge in [0.05, 0.1) is 16.9 Å². The Morgan fingerprint density at radius 3 is 2.30 bits per heavy atom. The first kappa shape index (κ1) is 53.9. The summed E-state index contributed by atoms with van der Waals surface area (Å²) >= 11 is 7.89. The van der Waals surface area contributed by atoms with Crippen LogP contribution < -0.4 is 16.0 Å². The fraction of sp³-hybridized carbons (Fsp3) is 0.680. The summed E-state index contributed by atoms with van der Waals surface area (Å²) in [5, 5.41) is 8.85. The summed E-state index contributed by atoms with van der Waals surface area (Å²) < 4.78 is 59.3. The molecule has 1 aromatic carbocycles. The van der Waals surface area contributed by atoms with E-state index in [9.17, 15) is 46.7 Å². The van der Waals surface area contributed by atoms with Crippen LogP contribution in [0.15, 0.2) is 29.9 Å². The van der Waals surface area contributed by atoms with Crippen molar-refractivity contribution in [2.75, 3.05) is 34.2 Å². The number of likely N-dealkylation sites (tertiary alicyclic amines) is 1. The molecule has 0 unspecified atom stereocenters. The molecule has 6 atom stereocenters. The van der Waals surface area contributed by atoms with Crippen LogP contribution in [0.5, 0.6) is 0 Å². The number of rotatable bonds is 11. The van der Waals surface area contributed by atoms with Crippen LogP contribution >= 0.6 is 22.9 Å². The molecule has 2 aliphatic heterocycles. The molecule has 2 saturated heterocycles. The van der Waals surface area contributed by atoms with Crippen molar-refractivity contribution in [3.05, 3.63) is 40.5 Å². The number of hydrogen-bond donors (Lipinski definition) is 3. The van der Waals surface area contributed by atoms with Crippen LogP contribution in [0.2, 0.25) is 5.02 Å². The molecule has 3 aliphatic carbocycles. The van der Waals surface area contributed by atoms with E-state index in [1.54, 1.807) is 50.8 Å². The van der Waals surface area contributed by atoms with Gasteiger partial charge in [-0.05, 0) is 119 Å². The van der Waals surface area contributed by atoms with Crippen LogP contribution in [0.3, 0.4) is 0 Å². The van der Waals surface area contributed by atoms with Crippen molar-refractivity contribution < 1.29 is 51.1 Å². The van der Waals surface area contributed by atoms with E-state index in [1.165, 1.54) is 40.1 Å². The van der Waals surface area contributed by atoms with Gasteiger partial charge in [0, 0.05) is 51.7 Å². The second-order valence-corrected chi connectivity index (χ2v) is 23.1. The number of nitrogens with zero attached hydrogens (tertiary/aromatic N) is 5. The quantitative estimate of drug-likeness (QED) is 0.227. The Kier molecular flexibility index (Phi) is 15.9. The normalized spacial score (nSPS) is 26.6. The Balaban J connectivity index is 1.15. The van der Waals surface area contributed by atoms with Gasteiger partial charge < -0.3 is 35.6 Å². The largest absolute Gasteiger partial charge is 0.403 e. The van der Waals surface area contributed by atoms with Gasteiger partial charge in [0.1, 0.15) is 47.3 Å². The monoisotopic (exact) mass is 1030 g/mol. The summed E-state index contributed by atoms with van der Waals surface area (Å²) in [6, 6.07) is -1.28. The van der Waals surface area contributed by atoms with Crippen molar-refractivity contribution in [3.8, 4) is 10.4 Å². The number of amides is 7. The number of halogens is 5. The summed E-state index contributed by atoms with van der Waals surface area (Å²) in [6.07, 6.45) is -2.57. The van der Waals surface area contributed by atoms with E-state index in [0.29, 0.717) is 54.0 Å². The summed E-state index contributed by atoms with van der Waals surface area (Å²) in [7, 11) is 4.43. The third-order valence-corrected chi connectivity index (χ3v) is 16.5. The molecule has 1 aromatic heterocycles. The van der Waals surface area contributed by atoms with Gasteiger partial charge in [0.15, 0.2) is 0 Å². The van der Waals surface area contributed by atoms with E-state index >= 15 is 4.39 Å². The first-order valence-electron chi connectivity index (χ1n) is 24.7. The van der Waals surface area contributed by atoms with Crippen LogP contribution in [0.1, 0.15) is 110 Å². The Bertz CT molecular complexity index is 2350. The molecule has 21 heteroatoms. The van der Waals surface area contributed by atoms with Crippen molar-refractivity contribution in [1.29, 1.82) is 0 Å². The number of nitrogens with one attached hydrogen (secondary N) is 3. The number of carbonyl (C=O) groups is 7. The Hall–Kier alpha value is -4.85. The first-order chi connectivity index (χ1) is 33.3. The average Bonchev–Trinajstić information content (AvgIpc) is 3.80. The molecule has 7 amide bonds. The molecule has 0 bridgehead atoms. The standard InChI is InChI=1S/C50H67ClF4N8O7S/c1-28(2)19-34-43(67)62(7)36(21-30-20-31(51)14-15-33(30)38-23-56-27-71-38)42(66)59-47(3,4)45(69)60(5)18-9-8-11-35(40(64)57-34)61(6)44(68)39(29-12-13-29)58-41(65)37-22-32(52)24-63(37)46(70)49(50(53,54)55)25-48(26-49)16-10-17-48/h14-15,20,23,27-29,32,34-37,39H,8-13,16-19,21-22,24-26H2,1-7H3,(H,57,64)(H,58,65)(H,59,66)/t32-,34+,35+,36+,37+,39+/m1/s1. The zero-order chi connectivity index (χ0) is 52.0. The highest BCUT2D eigenvalue weighted by molar-refractivity contribution is 7.13. The molecule has 15 nitrogen and oxygen atoms in total. The average molecular weight is 1040 g/mol. The van der Waals surface area contributed by atoms with Gasteiger partial charge in [-0.15, -0.1) is 11.3 Å². The lowest BCUT2D eigenvalue weighted by Crippen LogP contribution is -2.66. The Labute approximate surface area is 421 Å². The minimum absolute atomic E-state index is 0.0406. The third kappa shape index (κ3) is 11.4. The van der Waals surface area contributed by atoms with Crippen LogP contribution in [0, 0.1) is 22.7 Å². The van der Waals surface area contributed by atoms with Crippen molar-refractivity contribution >= 4 is 64.3 Å². The maximum atomic E-state index is 15.2. The van der Waals surface area contributed by atoms with E-state index in [2.05, 4.69) is 20.9 Å². The molecule has 2 aromatic rings. The highest BCUT2D eigenvalue weighted by Gasteiger charge is 2.74. The Morgan fingerprint density at radius 1 is 1.01 bits per heavy atom. The van der Waals surface area contributed by atoms with Gasteiger partial charge in [-0.3, -0.25) is 38.5 Å². The molecule has 71 heavy (non-hydrogen) atoms. The van der Waals surface area contributed by atoms with E-state index in [-0.39, 0.29) is 31.7 Å². The number of likely N-dealkylation sites (N-methyl/N-ethyl adjacent to an activating group) is 3. The SMILES string of the molecule is CC(C)C[C@@H]1NC(=O)[C@@H](N(C)C(=O)[C@@H](NC(=O)[C@@H]2C[C@@H](F)CN2C(=O)C2(C(F)(F)F)CC3(CCC3)C2)C2CC2)CCCCN(C)C(=O)C(C)(C)NC(=O)[C@H](Cc2cc(Cl)ccc2-c2cncs2)N(C)C1=O. The zero-order valence-electron chi connectivity index (χ0n) is 41.5. The minimum Gasteiger partial charge on any atom is -0.344 e. The molecule has 0 radical (unpaired) electrons. The first-order valence-corrected chi connectivity index (χ1v) is 25.9. The molecular weight excluding hydrogens is 968 g/mol. The van der Waals surface area contributed by atoms with Crippen LogP contribution in [0.25, 0.3) is 10.4 Å². The summed E-state index contributed by atoms with van der Waals surface area (Å²) in [6.45, 7) is 6.41. The lowest BCUT2D eigenvalue weighted by atomic mass is 9.44. The number of aromatic nitrogens is 1. The van der Waals surface area contributed by atoms with E-state index in [1.807, 2.05) is 13.8 Å². The summed E-state index contributed by atoms with van der Waals surface area (Å²) in [5.41, 5.74) is -1.68. The number of alkyl halides is 4. The number of carbonyl (C=O) groups excluding carboxylic acids is 7. The zero-order valence-corrected chi connectivity index (χ0v) is 43.1. The molecule has 3 heterocycles. The van der Waals surface area contributed by atoms with Gasteiger partial charge in [-0.2, -0.15) is 13.2 Å². The van der Waals surface area contributed by atoms with Gasteiger partial charge >= 0.3 is 6.18 Å². The third-order valence-electron chi connectivity index (χ3n) is 15.5. The maximum Gasteiger partial charge on any atom is 0.403 e. The summed E-state index contributed by atoms with van der Waals surface area (Å²) in [5.74, 6) is -5.86. The van der Waals surface area contributed by atoms with Crippen LogP contribution in [-0.2, 0) is 40.0 Å². The molecule has 3 saturated carbocycles. The lowest BCUT2D eigenvalue weighted by Gasteiger charge is -2.60. The number of hydrogen-bond acceptors (Lipinski definition) is 9. The van der Waals surface area contributed by atoms with Crippen LogP contribution in [0.4, 0.5) is 17.6 Å². The number of thiazole rings is 1. The maximum absolute atomic E-state index is 15.2. The minimum atomic E-state index is -4.91. The Morgan fingerprint density at radius 2 is 1.70 bits per heavy atom. The predicted molar refractivity (Wildman–Crippen MR) is 258 cm³/mol. The number of benzene rings is 1. The topological polar surface area (TPSA) is 181 Å². The molecule has 7 rings (SSSR count). The second kappa shape index (κ2) is 20.9. The molecular formula is C50H67ClF4N8O7S. The summed E-state index contributed by atoms with van der Waals surface area (Å²) in [4.78, 5) is 110. The molecule has 1 spiro atoms. The van der Waals surface area contributed by atoms with Gasteiger partial charge in [-0.1, -0.05) is 37.9 Å². The second-order valence-electron chi connectivity index (χ2n) is 21.7. The smallest absolute Gasteiger partial charge is 0.344 e. The van der Waals surface area contributed by atoms with Crippen molar-refractivity contribution in [3.63, 3.8) is 0 Å². The van der Waals surface area contributed by atoms with Crippen molar-refractivity contribution in [1.82, 2.24) is 40.5 Å². The van der Waals surface area contributed by atoms with Crippen LogP contribution in [-0.4, -0.2) is 148 Å². The van der Waals surface area contributed by atoms with Gasteiger partial charge in [0.2, 0.25) is 41.4 Å². The fourth-order valence-corrected chi connectivity index (χ4v) is 12.1. The van der Waals surface area contributed by atoms with Crippen molar-refractivity contribution in [2.45, 2.75) is 159 Å².